The fraction of sp³-hybridized carbons (Fsp3) is 0.250. The molecule has 1 aromatic heterocycles. The molecule has 0 radical (unpaired) electrons. The second kappa shape index (κ2) is 6.74. The van der Waals surface area contributed by atoms with Crippen molar-refractivity contribution >= 4 is 17.8 Å². The fourth-order valence-corrected chi connectivity index (χ4v) is 1.74. The predicted molar refractivity (Wildman–Crippen MR) is 83.4 cm³/mol. The second-order valence-electron chi connectivity index (χ2n) is 4.91. The number of hydrazone groups is 1. The predicted octanol–water partition coefficient (Wildman–Crippen LogP) is 2.85. The molecule has 5 heteroatoms. The average Bonchev–Trinajstić information content (AvgIpc) is 2.87. The molecule has 0 saturated heterocycles. The molecule has 2 aromatic rings. The highest BCUT2D eigenvalue weighted by atomic mass is 16.3. The molecule has 1 atom stereocenters. The molecule has 21 heavy (non-hydrogen) atoms. The third kappa shape index (κ3) is 4.49. The Balaban J connectivity index is 1.85. The highest BCUT2D eigenvalue weighted by Crippen LogP contribution is 2.10. The van der Waals surface area contributed by atoms with E-state index in [9.17, 15) is 4.79 Å². The number of carbonyl (C=O) groups excluding carboxylic acids is 1. The van der Waals surface area contributed by atoms with Crippen LogP contribution in [0.1, 0.15) is 24.0 Å². The number of nitrogens with one attached hydrogen (secondary N) is 2. The zero-order valence-electron chi connectivity index (χ0n) is 12.4. The molecule has 0 aliphatic heterocycles. The van der Waals surface area contributed by atoms with Gasteiger partial charge in [0.05, 0.1) is 6.21 Å². The molecule has 2 N–H and O–H groups in total. The Labute approximate surface area is 124 Å². The van der Waals surface area contributed by atoms with E-state index >= 15 is 0 Å². The molecule has 110 valence electrons. The minimum absolute atomic E-state index is 0.213. The Morgan fingerprint density at radius 2 is 1.90 bits per heavy atom. The number of anilines is 1. The third-order valence-corrected chi connectivity index (χ3v) is 2.96. The molecular formula is C16H19N3O2. The van der Waals surface area contributed by atoms with Crippen LogP contribution in [0.15, 0.2) is 45.9 Å². The topological polar surface area (TPSA) is 66.6 Å². The van der Waals surface area contributed by atoms with Crippen LogP contribution in [0.5, 0.6) is 0 Å². The lowest BCUT2D eigenvalue weighted by Gasteiger charge is -2.13. The van der Waals surface area contributed by atoms with E-state index in [4.69, 9.17) is 4.42 Å². The maximum Gasteiger partial charge on any atom is 0.262 e. The number of aryl methyl sites for hydroxylation is 2. The van der Waals surface area contributed by atoms with Crippen LogP contribution in [-0.4, -0.2) is 18.2 Å². The van der Waals surface area contributed by atoms with Crippen LogP contribution in [0.4, 0.5) is 5.69 Å². The first kappa shape index (κ1) is 14.8. The van der Waals surface area contributed by atoms with Crippen LogP contribution in [-0.2, 0) is 4.79 Å². The summed E-state index contributed by atoms with van der Waals surface area (Å²) in [6, 6.07) is 11.1. The molecule has 0 aliphatic rings. The lowest BCUT2D eigenvalue weighted by atomic mass is 10.2. The molecule has 5 nitrogen and oxygen atoms in total. The van der Waals surface area contributed by atoms with Gasteiger partial charge in [0.25, 0.3) is 5.91 Å². The Morgan fingerprint density at radius 3 is 2.52 bits per heavy atom. The van der Waals surface area contributed by atoms with Crippen molar-refractivity contribution in [3.8, 4) is 0 Å². The van der Waals surface area contributed by atoms with Crippen LogP contribution in [0.3, 0.4) is 0 Å². The minimum atomic E-state index is -0.386. The maximum atomic E-state index is 11.9. The van der Waals surface area contributed by atoms with Crippen molar-refractivity contribution in [3.63, 3.8) is 0 Å². The number of nitrogens with zero attached hydrogens (tertiary/aromatic N) is 1. The molecule has 0 fully saturated rings. The van der Waals surface area contributed by atoms with Gasteiger partial charge in [-0.05, 0) is 45.0 Å². The second-order valence-corrected chi connectivity index (χ2v) is 4.91. The van der Waals surface area contributed by atoms with Crippen LogP contribution in [0.25, 0.3) is 0 Å². The summed E-state index contributed by atoms with van der Waals surface area (Å²) in [6.07, 6.45) is 1.48. The van der Waals surface area contributed by atoms with Gasteiger partial charge in [0.15, 0.2) is 0 Å². The molecule has 1 amide bonds. The van der Waals surface area contributed by atoms with Crippen LogP contribution in [0, 0.1) is 13.8 Å². The summed E-state index contributed by atoms with van der Waals surface area (Å²) in [7, 11) is 0. The van der Waals surface area contributed by atoms with Gasteiger partial charge in [0.1, 0.15) is 17.6 Å². The smallest absolute Gasteiger partial charge is 0.262 e. The fourth-order valence-electron chi connectivity index (χ4n) is 1.74. The lowest BCUT2D eigenvalue weighted by Crippen LogP contribution is -2.34. The van der Waals surface area contributed by atoms with E-state index in [0.717, 1.165) is 11.4 Å². The zero-order chi connectivity index (χ0) is 15.2. The summed E-state index contributed by atoms with van der Waals surface area (Å²) in [5, 5.41) is 6.99. The summed E-state index contributed by atoms with van der Waals surface area (Å²) in [6.45, 7) is 5.65. The lowest BCUT2D eigenvalue weighted by molar-refractivity contribution is -0.121. The number of hydrogen-bond donors (Lipinski definition) is 2. The van der Waals surface area contributed by atoms with Gasteiger partial charge in [0, 0.05) is 5.69 Å². The van der Waals surface area contributed by atoms with Crippen molar-refractivity contribution in [3.05, 3.63) is 53.5 Å². The van der Waals surface area contributed by atoms with E-state index in [1.807, 2.05) is 44.2 Å². The molecule has 0 bridgehead atoms. The van der Waals surface area contributed by atoms with Crippen LogP contribution in [0.2, 0.25) is 0 Å². The summed E-state index contributed by atoms with van der Waals surface area (Å²) >= 11 is 0. The first-order valence-electron chi connectivity index (χ1n) is 6.77. The molecule has 0 spiro atoms. The van der Waals surface area contributed by atoms with Crippen molar-refractivity contribution in [2.45, 2.75) is 26.8 Å². The number of hydrogen-bond acceptors (Lipinski definition) is 4. The monoisotopic (exact) mass is 285 g/mol. The van der Waals surface area contributed by atoms with Gasteiger partial charge in [-0.15, -0.1) is 0 Å². The standard InChI is InChI=1S/C16H19N3O2/c1-11-4-7-14(8-5-11)18-13(3)16(20)19-17-10-15-9-6-12(2)21-15/h4-10,13,18H,1-3H3,(H,19,20)/b17-10-/t13-/m1/s1. The Morgan fingerprint density at radius 1 is 1.19 bits per heavy atom. The van der Waals surface area contributed by atoms with E-state index in [-0.39, 0.29) is 11.9 Å². The van der Waals surface area contributed by atoms with Gasteiger partial charge in [-0.25, -0.2) is 5.43 Å². The molecule has 0 unspecified atom stereocenters. The number of rotatable bonds is 5. The maximum absolute atomic E-state index is 11.9. The summed E-state index contributed by atoms with van der Waals surface area (Å²) in [5.41, 5.74) is 4.55. The molecule has 2 rings (SSSR count). The average molecular weight is 285 g/mol. The van der Waals surface area contributed by atoms with Crippen molar-refractivity contribution in [1.82, 2.24) is 5.43 Å². The van der Waals surface area contributed by atoms with Crippen LogP contribution < -0.4 is 10.7 Å². The minimum Gasteiger partial charge on any atom is -0.460 e. The van der Waals surface area contributed by atoms with Crippen molar-refractivity contribution in [2.75, 3.05) is 5.32 Å². The van der Waals surface area contributed by atoms with E-state index in [0.29, 0.717) is 5.76 Å². The third-order valence-electron chi connectivity index (χ3n) is 2.96. The van der Waals surface area contributed by atoms with Crippen molar-refractivity contribution in [1.29, 1.82) is 0 Å². The van der Waals surface area contributed by atoms with E-state index < -0.39 is 0 Å². The molecule has 1 heterocycles. The molecule has 0 aliphatic carbocycles. The number of amides is 1. The molecular weight excluding hydrogens is 266 g/mol. The van der Waals surface area contributed by atoms with Gasteiger partial charge in [-0.2, -0.15) is 5.10 Å². The summed E-state index contributed by atoms with van der Waals surface area (Å²) < 4.78 is 5.32. The van der Waals surface area contributed by atoms with Crippen molar-refractivity contribution in [2.24, 2.45) is 5.10 Å². The molecule has 1 aromatic carbocycles. The number of carbonyl (C=O) groups is 1. The van der Waals surface area contributed by atoms with Gasteiger partial charge in [-0.3, -0.25) is 4.79 Å². The Kier molecular flexibility index (Phi) is 4.77. The van der Waals surface area contributed by atoms with Gasteiger partial charge in [-0.1, -0.05) is 17.7 Å². The normalized spacial score (nSPS) is 12.3. The van der Waals surface area contributed by atoms with Gasteiger partial charge >= 0.3 is 0 Å². The van der Waals surface area contributed by atoms with E-state index in [1.54, 1.807) is 13.0 Å². The zero-order valence-corrected chi connectivity index (χ0v) is 12.4. The number of benzene rings is 1. The number of furan rings is 1. The van der Waals surface area contributed by atoms with E-state index in [1.165, 1.54) is 11.8 Å². The SMILES string of the molecule is Cc1ccc(N[C@H](C)C(=O)N/N=C\c2ccc(C)o2)cc1. The first-order chi connectivity index (χ1) is 10.0. The molecule has 0 saturated carbocycles. The first-order valence-corrected chi connectivity index (χ1v) is 6.77. The Bertz CT molecular complexity index is 629. The van der Waals surface area contributed by atoms with Gasteiger partial charge < -0.3 is 9.73 Å². The largest absolute Gasteiger partial charge is 0.460 e. The Hall–Kier alpha value is -2.56. The summed E-state index contributed by atoms with van der Waals surface area (Å²) in [4.78, 5) is 11.9. The highest BCUT2D eigenvalue weighted by Gasteiger charge is 2.11. The van der Waals surface area contributed by atoms with Gasteiger partial charge in [0.2, 0.25) is 0 Å². The van der Waals surface area contributed by atoms with E-state index in [2.05, 4.69) is 15.8 Å². The highest BCUT2D eigenvalue weighted by molar-refractivity contribution is 5.85. The van der Waals surface area contributed by atoms with Crippen LogP contribution >= 0.6 is 0 Å². The quantitative estimate of drug-likeness (QED) is 0.655. The van der Waals surface area contributed by atoms with Crippen molar-refractivity contribution < 1.29 is 9.21 Å². The summed E-state index contributed by atoms with van der Waals surface area (Å²) in [5.74, 6) is 1.19.